The van der Waals surface area contributed by atoms with Gasteiger partial charge in [-0.1, -0.05) is 50.0 Å². The predicted octanol–water partition coefficient (Wildman–Crippen LogP) is 4.58. The molecule has 0 aromatic carbocycles. The maximum Gasteiger partial charge on any atom is 0.305 e. The van der Waals surface area contributed by atoms with Crippen LogP contribution in [-0.4, -0.2) is 36.0 Å². The molecule has 0 saturated heterocycles. The number of rotatable bonds is 10. The Labute approximate surface area is 183 Å². The van der Waals surface area contributed by atoms with Gasteiger partial charge in [-0.3, -0.25) is 4.79 Å². The highest BCUT2D eigenvalue weighted by Gasteiger charge is 2.14. The van der Waals surface area contributed by atoms with Crippen molar-refractivity contribution in [2.75, 3.05) is 13.7 Å². The van der Waals surface area contributed by atoms with E-state index in [4.69, 9.17) is 11.5 Å². The summed E-state index contributed by atoms with van der Waals surface area (Å²) < 4.78 is 4.50. The van der Waals surface area contributed by atoms with Gasteiger partial charge >= 0.3 is 5.97 Å². The summed E-state index contributed by atoms with van der Waals surface area (Å²) in [5, 5.41) is 18.8. The third-order valence-electron chi connectivity index (χ3n) is 5.00. The van der Waals surface area contributed by atoms with Gasteiger partial charge in [-0.2, -0.15) is 0 Å². The molecule has 0 aromatic rings. The Morgan fingerprint density at radius 3 is 2.57 bits per heavy atom. The van der Waals surface area contributed by atoms with Crippen LogP contribution in [0.25, 0.3) is 0 Å². The number of hydrogen-bond acceptors (Lipinski definition) is 4. The van der Waals surface area contributed by atoms with E-state index in [0.717, 1.165) is 12.0 Å². The topological polar surface area (TPSA) is 66.8 Å². The number of methoxy groups -OCH3 is 1. The minimum Gasteiger partial charge on any atom is -0.469 e. The number of terminal acetylenes is 1. The van der Waals surface area contributed by atoms with E-state index < -0.39 is 0 Å². The maximum atomic E-state index is 10.8. The summed E-state index contributed by atoms with van der Waals surface area (Å²) in [5.74, 6) is 8.96. The van der Waals surface area contributed by atoms with Crippen molar-refractivity contribution in [1.29, 1.82) is 0 Å². The number of carbonyl (C=O) groups excluding carboxylic acids is 1. The molecule has 0 amide bonds. The Morgan fingerprint density at radius 2 is 2.00 bits per heavy atom. The highest BCUT2D eigenvalue weighted by Crippen LogP contribution is 2.26. The fraction of sp³-hybridized carbons (Fsp3) is 0.577. The second kappa shape index (κ2) is 18.7. The van der Waals surface area contributed by atoms with Crippen LogP contribution in [0.2, 0.25) is 0 Å². The zero-order valence-electron chi connectivity index (χ0n) is 18.8. The summed E-state index contributed by atoms with van der Waals surface area (Å²) in [5.41, 5.74) is 0.852. The second-order valence-electron chi connectivity index (χ2n) is 7.47. The number of ether oxygens (including phenoxy) is 1. The van der Waals surface area contributed by atoms with Crippen LogP contribution in [0.4, 0.5) is 0 Å². The van der Waals surface area contributed by atoms with Gasteiger partial charge in [-0.25, -0.2) is 0 Å². The molecule has 4 nitrogen and oxygen atoms in total. The van der Waals surface area contributed by atoms with Crippen LogP contribution in [-0.2, 0) is 9.53 Å². The fourth-order valence-electron chi connectivity index (χ4n) is 3.01. The lowest BCUT2D eigenvalue weighted by Crippen LogP contribution is -2.14. The zero-order chi connectivity index (χ0) is 22.6. The molecule has 2 unspecified atom stereocenters. The van der Waals surface area contributed by atoms with E-state index in [1.54, 1.807) is 18.2 Å². The van der Waals surface area contributed by atoms with Gasteiger partial charge in [-0.15, -0.1) is 18.3 Å². The van der Waals surface area contributed by atoms with Crippen LogP contribution < -0.4 is 0 Å². The van der Waals surface area contributed by atoms with Crippen LogP contribution in [0.15, 0.2) is 36.0 Å². The molecule has 1 saturated carbocycles. The number of aliphatic hydroxyl groups excluding tert-OH is 2. The van der Waals surface area contributed by atoms with Crippen molar-refractivity contribution in [1.82, 2.24) is 0 Å². The molecule has 1 aliphatic rings. The summed E-state index contributed by atoms with van der Waals surface area (Å²) in [4.78, 5) is 10.8. The lowest BCUT2D eigenvalue weighted by Gasteiger charge is -2.13. The van der Waals surface area contributed by atoms with Gasteiger partial charge in [0.15, 0.2) is 0 Å². The Bertz CT molecular complexity index is 649. The van der Waals surface area contributed by atoms with Crippen molar-refractivity contribution >= 4 is 5.97 Å². The third-order valence-corrected chi connectivity index (χ3v) is 5.00. The van der Waals surface area contributed by atoms with E-state index in [2.05, 4.69) is 28.6 Å². The van der Waals surface area contributed by atoms with Gasteiger partial charge in [0.25, 0.3) is 0 Å². The number of esters is 1. The van der Waals surface area contributed by atoms with E-state index in [1.165, 1.54) is 32.8 Å². The smallest absolute Gasteiger partial charge is 0.305 e. The first-order chi connectivity index (χ1) is 14.5. The van der Waals surface area contributed by atoms with Gasteiger partial charge < -0.3 is 14.9 Å². The number of carbonyl (C=O) groups is 1. The fourth-order valence-corrected chi connectivity index (χ4v) is 3.01. The van der Waals surface area contributed by atoms with Crippen molar-refractivity contribution in [2.45, 2.75) is 71.3 Å². The van der Waals surface area contributed by atoms with Crippen LogP contribution >= 0.6 is 0 Å². The van der Waals surface area contributed by atoms with Gasteiger partial charge in [0.1, 0.15) is 0 Å². The number of aliphatic hydroxyl groups is 2. The molecule has 1 fully saturated rings. The Hall–Kier alpha value is -2.27. The standard InChI is InChI=1S/C14H22O.C12H16O3/c1-3-4-7-12(2)14(15)11-10-13-8-5-6-9-13;1-3-4-5-7-11(10-13)8-6-9-12(14)15-2/h10-15H,5-9H2,1-2H3;1,4-5,7,13H,6,8-10H2,2H3/b11-10+;5-4-,11-7-. The summed E-state index contributed by atoms with van der Waals surface area (Å²) in [6.07, 6.45) is 21.7. The molecule has 0 heterocycles. The van der Waals surface area contributed by atoms with Crippen molar-refractivity contribution in [2.24, 2.45) is 11.8 Å². The molecule has 0 aromatic heterocycles. The second-order valence-corrected chi connectivity index (χ2v) is 7.47. The highest BCUT2D eigenvalue weighted by atomic mass is 16.5. The third kappa shape index (κ3) is 14.7. The normalized spacial score (nSPS) is 16.3. The quantitative estimate of drug-likeness (QED) is 0.238. The van der Waals surface area contributed by atoms with Crippen molar-refractivity contribution in [3.63, 3.8) is 0 Å². The van der Waals surface area contributed by atoms with E-state index >= 15 is 0 Å². The predicted molar refractivity (Wildman–Crippen MR) is 123 cm³/mol. The molecule has 1 aliphatic carbocycles. The number of hydrogen-bond donors (Lipinski definition) is 2. The molecular formula is C26H38O4. The molecule has 0 spiro atoms. The Morgan fingerprint density at radius 1 is 1.30 bits per heavy atom. The van der Waals surface area contributed by atoms with E-state index in [9.17, 15) is 9.90 Å². The molecule has 1 rings (SSSR count). The van der Waals surface area contributed by atoms with E-state index in [-0.39, 0.29) is 24.6 Å². The van der Waals surface area contributed by atoms with Gasteiger partial charge in [0.2, 0.25) is 0 Å². The van der Waals surface area contributed by atoms with Crippen molar-refractivity contribution in [3.05, 3.63) is 36.0 Å². The molecule has 166 valence electrons. The monoisotopic (exact) mass is 414 g/mol. The van der Waals surface area contributed by atoms with Crippen LogP contribution in [0, 0.1) is 36.0 Å². The average Bonchev–Trinajstić information content (AvgIpc) is 3.28. The molecule has 0 bridgehead atoms. The van der Waals surface area contributed by atoms with Crippen LogP contribution in [0.5, 0.6) is 0 Å². The summed E-state index contributed by atoms with van der Waals surface area (Å²) >= 11 is 0. The van der Waals surface area contributed by atoms with Gasteiger partial charge in [0, 0.05) is 12.8 Å². The maximum absolute atomic E-state index is 10.8. The summed E-state index contributed by atoms with van der Waals surface area (Å²) in [7, 11) is 1.36. The average molecular weight is 415 g/mol. The van der Waals surface area contributed by atoms with Crippen molar-refractivity contribution in [3.8, 4) is 24.2 Å². The highest BCUT2D eigenvalue weighted by molar-refractivity contribution is 5.69. The lowest BCUT2D eigenvalue weighted by molar-refractivity contribution is -0.140. The first kappa shape index (κ1) is 27.7. The number of allylic oxidation sites excluding steroid dienone is 4. The molecule has 30 heavy (non-hydrogen) atoms. The summed E-state index contributed by atoms with van der Waals surface area (Å²) in [6, 6.07) is 0. The Balaban J connectivity index is 0.000000561. The Kier molecular flexibility index (Phi) is 17.3. The zero-order valence-corrected chi connectivity index (χ0v) is 18.8. The molecular weight excluding hydrogens is 376 g/mol. The minimum atomic E-state index is -0.327. The van der Waals surface area contributed by atoms with Crippen LogP contribution in [0.3, 0.4) is 0 Å². The molecule has 2 N–H and O–H groups in total. The first-order valence-corrected chi connectivity index (χ1v) is 10.7. The summed E-state index contributed by atoms with van der Waals surface area (Å²) in [6.45, 7) is 3.87. The van der Waals surface area contributed by atoms with Crippen LogP contribution in [0.1, 0.15) is 65.2 Å². The molecule has 0 radical (unpaired) electrons. The molecule has 4 heteroatoms. The van der Waals surface area contributed by atoms with E-state index in [1.807, 2.05) is 19.9 Å². The van der Waals surface area contributed by atoms with Crippen molar-refractivity contribution < 1.29 is 19.7 Å². The SMILES string of the molecule is C#C/C=C\C=C(/CO)CCCC(=O)OC.CC#CCC(C)C(O)/C=C/C1CCCC1. The molecule has 2 atom stereocenters. The lowest BCUT2D eigenvalue weighted by atomic mass is 9.98. The van der Waals surface area contributed by atoms with E-state index in [0.29, 0.717) is 25.2 Å². The minimum absolute atomic E-state index is 0.0178. The van der Waals surface area contributed by atoms with Gasteiger partial charge in [-0.05, 0) is 56.1 Å². The largest absolute Gasteiger partial charge is 0.469 e. The molecule has 0 aliphatic heterocycles. The first-order valence-electron chi connectivity index (χ1n) is 10.7. The van der Waals surface area contributed by atoms with Gasteiger partial charge in [0.05, 0.1) is 19.8 Å².